The molecule has 4 aromatic rings. The van der Waals surface area contributed by atoms with E-state index in [2.05, 4.69) is 36.8 Å². The van der Waals surface area contributed by atoms with Gasteiger partial charge in [0, 0.05) is 18.8 Å². The van der Waals surface area contributed by atoms with E-state index in [1.54, 1.807) is 18.0 Å². The van der Waals surface area contributed by atoms with Crippen molar-refractivity contribution in [2.24, 2.45) is 0 Å². The maximum atomic E-state index is 6.27. The van der Waals surface area contributed by atoms with Crippen LogP contribution in [0.5, 0.6) is 0 Å². The van der Waals surface area contributed by atoms with Crippen LogP contribution in [-0.4, -0.2) is 46.1 Å². The number of ether oxygens (including phenoxy) is 1. The number of hydrogen-bond acceptors (Lipinski definition) is 7. The van der Waals surface area contributed by atoms with Crippen LogP contribution < -0.4 is 4.90 Å². The van der Waals surface area contributed by atoms with E-state index >= 15 is 0 Å². The highest BCUT2D eigenvalue weighted by Gasteiger charge is 2.22. The first kappa shape index (κ1) is 20.1. The SMILES string of the molecule is Clc1ccccc1-c1nc(CSc2nnc(N3CCOCC3)n2-c2ccccc2)co1. The summed E-state index contributed by atoms with van der Waals surface area (Å²) >= 11 is 7.83. The lowest BCUT2D eigenvalue weighted by Gasteiger charge is -2.27. The van der Waals surface area contributed by atoms with E-state index in [0.717, 1.165) is 41.1 Å². The molecule has 31 heavy (non-hydrogen) atoms. The Labute approximate surface area is 189 Å². The summed E-state index contributed by atoms with van der Waals surface area (Å²) in [6.45, 7) is 2.96. The normalized spacial score (nSPS) is 14.2. The topological polar surface area (TPSA) is 69.2 Å². The standard InChI is InChI=1S/C22H20ClN5O2S/c23-19-9-5-4-8-18(19)20-24-16(14-30-20)15-31-22-26-25-21(27-10-12-29-13-11-27)28(22)17-6-2-1-3-7-17/h1-9,14H,10-13,15H2. The second-order valence-corrected chi connectivity index (χ2v) is 8.32. The lowest BCUT2D eigenvalue weighted by atomic mass is 10.2. The number of para-hydroxylation sites is 1. The predicted octanol–water partition coefficient (Wildman–Crippen LogP) is 4.70. The lowest BCUT2D eigenvalue weighted by molar-refractivity contribution is 0.122. The number of anilines is 1. The molecule has 3 heterocycles. The Kier molecular flexibility index (Phi) is 5.93. The molecule has 7 nitrogen and oxygen atoms in total. The molecule has 5 rings (SSSR count). The van der Waals surface area contributed by atoms with Crippen molar-refractivity contribution in [2.75, 3.05) is 31.2 Å². The van der Waals surface area contributed by atoms with Crippen LogP contribution in [0.4, 0.5) is 5.95 Å². The van der Waals surface area contributed by atoms with Crippen molar-refractivity contribution in [3.63, 3.8) is 0 Å². The minimum atomic E-state index is 0.514. The van der Waals surface area contributed by atoms with Crippen molar-refractivity contribution in [3.05, 3.63) is 71.6 Å². The van der Waals surface area contributed by atoms with Gasteiger partial charge >= 0.3 is 0 Å². The number of rotatable bonds is 6. The monoisotopic (exact) mass is 453 g/mol. The van der Waals surface area contributed by atoms with Crippen LogP contribution in [0, 0.1) is 0 Å². The van der Waals surface area contributed by atoms with Crippen LogP contribution in [0.2, 0.25) is 5.02 Å². The molecule has 0 atom stereocenters. The molecule has 0 spiro atoms. The molecule has 0 radical (unpaired) electrons. The summed E-state index contributed by atoms with van der Waals surface area (Å²) in [5.74, 6) is 1.94. The zero-order chi connectivity index (χ0) is 21.0. The zero-order valence-electron chi connectivity index (χ0n) is 16.6. The summed E-state index contributed by atoms with van der Waals surface area (Å²) < 4.78 is 13.2. The molecule has 2 aromatic carbocycles. The quantitative estimate of drug-likeness (QED) is 0.392. The van der Waals surface area contributed by atoms with Gasteiger partial charge in [0.15, 0.2) is 5.16 Å². The number of morpholine rings is 1. The summed E-state index contributed by atoms with van der Waals surface area (Å²) in [5, 5.41) is 10.4. The van der Waals surface area contributed by atoms with Crippen molar-refractivity contribution < 1.29 is 9.15 Å². The van der Waals surface area contributed by atoms with Gasteiger partial charge in [0.05, 0.1) is 35.2 Å². The van der Waals surface area contributed by atoms with Crippen molar-refractivity contribution in [1.82, 2.24) is 19.7 Å². The molecular weight excluding hydrogens is 434 g/mol. The van der Waals surface area contributed by atoms with Gasteiger partial charge in [-0.1, -0.05) is 53.7 Å². The highest BCUT2D eigenvalue weighted by molar-refractivity contribution is 7.98. The van der Waals surface area contributed by atoms with Gasteiger partial charge in [0.2, 0.25) is 11.8 Å². The zero-order valence-corrected chi connectivity index (χ0v) is 18.2. The van der Waals surface area contributed by atoms with Crippen LogP contribution in [0.15, 0.2) is 70.4 Å². The predicted molar refractivity (Wildman–Crippen MR) is 121 cm³/mol. The van der Waals surface area contributed by atoms with Crippen LogP contribution >= 0.6 is 23.4 Å². The van der Waals surface area contributed by atoms with Gasteiger partial charge in [0.1, 0.15) is 6.26 Å². The van der Waals surface area contributed by atoms with Gasteiger partial charge in [-0.05, 0) is 24.3 Å². The Balaban J connectivity index is 1.40. The van der Waals surface area contributed by atoms with Gasteiger partial charge in [-0.2, -0.15) is 0 Å². The minimum absolute atomic E-state index is 0.514. The van der Waals surface area contributed by atoms with Crippen LogP contribution in [-0.2, 0) is 10.5 Å². The summed E-state index contributed by atoms with van der Waals surface area (Å²) in [6.07, 6.45) is 1.66. The molecule has 0 saturated carbocycles. The second-order valence-electron chi connectivity index (χ2n) is 6.97. The van der Waals surface area contributed by atoms with E-state index in [1.165, 1.54) is 0 Å². The number of oxazole rings is 1. The maximum absolute atomic E-state index is 6.27. The number of aromatic nitrogens is 4. The number of hydrogen-bond donors (Lipinski definition) is 0. The summed E-state index contributed by atoms with van der Waals surface area (Å²) in [7, 11) is 0. The Morgan fingerprint density at radius 2 is 1.74 bits per heavy atom. The fourth-order valence-electron chi connectivity index (χ4n) is 3.40. The van der Waals surface area contributed by atoms with Crippen molar-refractivity contribution in [1.29, 1.82) is 0 Å². The molecular formula is C22H20ClN5O2S. The average Bonchev–Trinajstić information content (AvgIpc) is 3.46. The number of halogens is 1. The van der Waals surface area contributed by atoms with Gasteiger partial charge in [0.25, 0.3) is 0 Å². The van der Waals surface area contributed by atoms with Gasteiger partial charge in [-0.25, -0.2) is 4.98 Å². The van der Waals surface area contributed by atoms with E-state index < -0.39 is 0 Å². The van der Waals surface area contributed by atoms with E-state index in [0.29, 0.717) is 29.9 Å². The Morgan fingerprint density at radius 1 is 0.968 bits per heavy atom. The smallest absolute Gasteiger partial charge is 0.232 e. The van der Waals surface area contributed by atoms with Gasteiger partial charge in [-0.15, -0.1) is 10.2 Å². The van der Waals surface area contributed by atoms with Crippen LogP contribution in [0.25, 0.3) is 17.1 Å². The second kappa shape index (κ2) is 9.13. The highest BCUT2D eigenvalue weighted by atomic mass is 35.5. The molecule has 0 aliphatic carbocycles. The largest absolute Gasteiger partial charge is 0.444 e. The third-order valence-corrected chi connectivity index (χ3v) is 6.22. The first-order valence-corrected chi connectivity index (χ1v) is 11.3. The average molecular weight is 454 g/mol. The fraction of sp³-hybridized carbons (Fsp3) is 0.227. The molecule has 1 aliphatic rings. The molecule has 1 aliphatic heterocycles. The molecule has 0 amide bonds. The minimum Gasteiger partial charge on any atom is -0.444 e. The summed E-state index contributed by atoms with van der Waals surface area (Å²) in [6, 6.07) is 17.7. The van der Waals surface area contributed by atoms with E-state index in [9.17, 15) is 0 Å². The third-order valence-electron chi connectivity index (χ3n) is 4.93. The molecule has 1 fully saturated rings. The molecule has 0 N–H and O–H groups in total. The molecule has 2 aromatic heterocycles. The van der Waals surface area contributed by atoms with Crippen LogP contribution in [0.3, 0.4) is 0 Å². The third kappa shape index (κ3) is 4.32. The number of nitrogens with zero attached hydrogens (tertiary/aromatic N) is 5. The van der Waals surface area contributed by atoms with Crippen LogP contribution in [0.1, 0.15) is 5.69 Å². The maximum Gasteiger partial charge on any atom is 0.232 e. The molecule has 0 bridgehead atoms. The molecule has 9 heteroatoms. The molecule has 0 unspecified atom stereocenters. The number of benzene rings is 2. The molecule has 1 saturated heterocycles. The molecule has 158 valence electrons. The summed E-state index contributed by atoms with van der Waals surface area (Å²) in [5.41, 5.74) is 2.62. The van der Waals surface area contributed by atoms with Crippen molar-refractivity contribution in [2.45, 2.75) is 10.9 Å². The van der Waals surface area contributed by atoms with Crippen molar-refractivity contribution in [3.8, 4) is 17.1 Å². The first-order valence-electron chi connectivity index (χ1n) is 9.95. The van der Waals surface area contributed by atoms with E-state index in [1.807, 2.05) is 42.5 Å². The van der Waals surface area contributed by atoms with Gasteiger partial charge < -0.3 is 14.1 Å². The fourth-order valence-corrected chi connectivity index (χ4v) is 4.44. The highest BCUT2D eigenvalue weighted by Crippen LogP contribution is 2.31. The summed E-state index contributed by atoms with van der Waals surface area (Å²) in [4.78, 5) is 6.81. The Bertz CT molecular complexity index is 1160. The Morgan fingerprint density at radius 3 is 2.55 bits per heavy atom. The Hall–Kier alpha value is -2.81. The van der Waals surface area contributed by atoms with Crippen molar-refractivity contribution >= 4 is 29.3 Å². The number of thioether (sulfide) groups is 1. The first-order chi connectivity index (χ1) is 15.3. The van der Waals surface area contributed by atoms with E-state index in [-0.39, 0.29) is 0 Å². The lowest BCUT2D eigenvalue weighted by Crippen LogP contribution is -2.37. The van der Waals surface area contributed by atoms with E-state index in [4.69, 9.17) is 20.8 Å². The van der Waals surface area contributed by atoms with Gasteiger partial charge in [-0.3, -0.25) is 4.57 Å².